The summed E-state index contributed by atoms with van der Waals surface area (Å²) >= 11 is 0. The van der Waals surface area contributed by atoms with Gasteiger partial charge in [0.2, 0.25) is 5.95 Å². The molecule has 1 aliphatic heterocycles. The van der Waals surface area contributed by atoms with Crippen LogP contribution in [0.4, 0.5) is 5.95 Å². The van der Waals surface area contributed by atoms with Gasteiger partial charge in [0, 0.05) is 31.2 Å². The number of aromatic nitrogens is 3. The number of benzene rings is 1. The second-order valence-corrected chi connectivity index (χ2v) is 4.97. The lowest BCUT2D eigenvalue weighted by atomic mass is 10.1. The van der Waals surface area contributed by atoms with E-state index in [9.17, 15) is 0 Å². The fourth-order valence-corrected chi connectivity index (χ4v) is 2.34. The van der Waals surface area contributed by atoms with Gasteiger partial charge in [0.15, 0.2) is 5.82 Å². The monoisotopic (exact) mass is 268 g/mol. The molecule has 2 N–H and O–H groups in total. The zero-order valence-corrected chi connectivity index (χ0v) is 11.3. The van der Waals surface area contributed by atoms with Crippen molar-refractivity contribution >= 4 is 5.95 Å². The van der Waals surface area contributed by atoms with E-state index >= 15 is 0 Å². The predicted octanol–water partition coefficient (Wildman–Crippen LogP) is 1.14. The van der Waals surface area contributed by atoms with Crippen molar-refractivity contribution in [1.29, 1.82) is 5.26 Å². The number of nitrogens with one attached hydrogen (secondary N) is 2. The van der Waals surface area contributed by atoms with Gasteiger partial charge < -0.3 is 10.2 Å². The van der Waals surface area contributed by atoms with Crippen LogP contribution in [-0.4, -0.2) is 40.9 Å². The molecule has 20 heavy (non-hydrogen) atoms. The van der Waals surface area contributed by atoms with Gasteiger partial charge in [-0.3, -0.25) is 5.10 Å². The first kappa shape index (κ1) is 12.6. The molecular formula is C14H16N6. The van der Waals surface area contributed by atoms with Gasteiger partial charge in [0.1, 0.15) is 0 Å². The maximum atomic E-state index is 8.80. The largest absolute Gasteiger partial charge is 0.337 e. The Hall–Kier alpha value is -2.39. The molecule has 0 radical (unpaired) electrons. The Morgan fingerprint density at radius 1 is 1.35 bits per heavy atom. The lowest BCUT2D eigenvalue weighted by Crippen LogP contribution is -2.49. The molecule has 0 amide bonds. The fraction of sp³-hybridized carbons (Fsp3) is 0.357. The molecule has 0 unspecified atom stereocenters. The number of hydrogen-bond acceptors (Lipinski definition) is 5. The van der Waals surface area contributed by atoms with Crippen LogP contribution < -0.4 is 10.2 Å². The number of hydrogen-bond donors (Lipinski definition) is 2. The first-order valence-electron chi connectivity index (χ1n) is 6.67. The van der Waals surface area contributed by atoms with Crippen LogP contribution in [0.2, 0.25) is 0 Å². The Morgan fingerprint density at radius 3 is 2.85 bits per heavy atom. The lowest BCUT2D eigenvalue weighted by Gasteiger charge is -2.30. The van der Waals surface area contributed by atoms with Gasteiger partial charge in [-0.1, -0.05) is 0 Å². The second kappa shape index (κ2) is 5.31. The standard InChI is InChI=1S/C14H16N6/c1-10-9-20(7-6-16-10)14-17-13(18-19-14)12-4-2-11(8-15)3-5-12/h2-5,10,16H,6-7,9H2,1H3,(H,17,18,19)/t10-/m0/s1. The Labute approximate surface area is 117 Å². The predicted molar refractivity (Wildman–Crippen MR) is 76.2 cm³/mol. The maximum absolute atomic E-state index is 8.80. The molecule has 6 nitrogen and oxygen atoms in total. The third kappa shape index (κ3) is 2.49. The smallest absolute Gasteiger partial charge is 0.245 e. The van der Waals surface area contributed by atoms with E-state index in [4.69, 9.17) is 5.26 Å². The number of aromatic amines is 1. The number of nitriles is 1. The first-order chi connectivity index (χ1) is 9.76. The van der Waals surface area contributed by atoms with E-state index in [-0.39, 0.29) is 0 Å². The average molecular weight is 268 g/mol. The number of nitrogens with zero attached hydrogens (tertiary/aromatic N) is 4. The van der Waals surface area contributed by atoms with Gasteiger partial charge in [-0.15, -0.1) is 5.10 Å². The molecule has 102 valence electrons. The van der Waals surface area contributed by atoms with Crippen molar-refractivity contribution in [2.75, 3.05) is 24.5 Å². The van der Waals surface area contributed by atoms with Crippen molar-refractivity contribution in [2.45, 2.75) is 13.0 Å². The quantitative estimate of drug-likeness (QED) is 0.853. The van der Waals surface area contributed by atoms with Crippen molar-refractivity contribution < 1.29 is 0 Å². The summed E-state index contributed by atoms with van der Waals surface area (Å²) in [6.45, 7) is 4.92. The minimum absolute atomic E-state index is 0.445. The van der Waals surface area contributed by atoms with E-state index in [1.54, 1.807) is 12.1 Å². The highest BCUT2D eigenvalue weighted by Gasteiger charge is 2.19. The van der Waals surface area contributed by atoms with Gasteiger partial charge in [-0.25, -0.2) is 0 Å². The Balaban J connectivity index is 1.80. The molecule has 1 aliphatic rings. The zero-order chi connectivity index (χ0) is 13.9. The van der Waals surface area contributed by atoms with Gasteiger partial charge in [0.25, 0.3) is 0 Å². The highest BCUT2D eigenvalue weighted by atomic mass is 15.4. The summed E-state index contributed by atoms with van der Waals surface area (Å²) in [5.41, 5.74) is 1.58. The molecule has 1 saturated heterocycles. The third-order valence-electron chi connectivity index (χ3n) is 3.41. The molecule has 2 aromatic rings. The maximum Gasteiger partial charge on any atom is 0.245 e. The van der Waals surface area contributed by atoms with Crippen LogP contribution in [0.1, 0.15) is 12.5 Å². The molecular weight excluding hydrogens is 252 g/mol. The number of rotatable bonds is 2. The summed E-state index contributed by atoms with van der Waals surface area (Å²) in [7, 11) is 0. The second-order valence-electron chi connectivity index (χ2n) is 4.97. The Kier molecular flexibility index (Phi) is 3.35. The van der Waals surface area contributed by atoms with Crippen molar-refractivity contribution in [2.24, 2.45) is 0 Å². The number of H-pyrrole nitrogens is 1. The fourth-order valence-electron chi connectivity index (χ4n) is 2.34. The van der Waals surface area contributed by atoms with Crippen LogP contribution in [0.15, 0.2) is 24.3 Å². The average Bonchev–Trinajstić information content (AvgIpc) is 2.97. The van der Waals surface area contributed by atoms with E-state index in [1.807, 2.05) is 12.1 Å². The van der Waals surface area contributed by atoms with Gasteiger partial charge in [-0.05, 0) is 31.2 Å². The van der Waals surface area contributed by atoms with Crippen molar-refractivity contribution in [3.8, 4) is 17.5 Å². The van der Waals surface area contributed by atoms with Gasteiger partial charge >= 0.3 is 0 Å². The SMILES string of the molecule is C[C@H]1CN(c2n[nH]c(-c3ccc(C#N)cc3)n2)CCN1. The van der Waals surface area contributed by atoms with Crippen LogP contribution in [-0.2, 0) is 0 Å². The lowest BCUT2D eigenvalue weighted by molar-refractivity contribution is 0.480. The number of piperazine rings is 1. The molecule has 0 spiro atoms. The van der Waals surface area contributed by atoms with E-state index in [0.717, 1.165) is 37.0 Å². The normalized spacial score (nSPS) is 18.8. The molecule has 1 fully saturated rings. The van der Waals surface area contributed by atoms with E-state index in [0.29, 0.717) is 11.6 Å². The van der Waals surface area contributed by atoms with Gasteiger partial charge in [0.05, 0.1) is 11.6 Å². The van der Waals surface area contributed by atoms with Crippen LogP contribution in [0, 0.1) is 11.3 Å². The Bertz CT molecular complexity index is 624. The van der Waals surface area contributed by atoms with Gasteiger partial charge in [-0.2, -0.15) is 10.2 Å². The first-order valence-corrected chi connectivity index (χ1v) is 6.67. The molecule has 0 saturated carbocycles. The number of anilines is 1. The van der Waals surface area contributed by atoms with Crippen LogP contribution in [0.3, 0.4) is 0 Å². The summed E-state index contributed by atoms with van der Waals surface area (Å²) in [6, 6.07) is 9.87. The molecule has 3 rings (SSSR count). The van der Waals surface area contributed by atoms with Crippen LogP contribution in [0.25, 0.3) is 11.4 Å². The summed E-state index contributed by atoms with van der Waals surface area (Å²) in [4.78, 5) is 6.71. The molecule has 1 aromatic carbocycles. The summed E-state index contributed by atoms with van der Waals surface area (Å²) < 4.78 is 0. The molecule has 0 bridgehead atoms. The van der Waals surface area contributed by atoms with Crippen LogP contribution in [0.5, 0.6) is 0 Å². The highest BCUT2D eigenvalue weighted by Crippen LogP contribution is 2.18. The summed E-state index contributed by atoms with van der Waals surface area (Å²) in [5.74, 6) is 1.47. The van der Waals surface area contributed by atoms with Crippen molar-refractivity contribution in [3.63, 3.8) is 0 Å². The van der Waals surface area contributed by atoms with E-state index in [2.05, 4.69) is 38.4 Å². The minimum Gasteiger partial charge on any atom is -0.337 e. The minimum atomic E-state index is 0.445. The Morgan fingerprint density at radius 2 is 2.15 bits per heavy atom. The molecule has 6 heteroatoms. The highest BCUT2D eigenvalue weighted by molar-refractivity contribution is 5.57. The van der Waals surface area contributed by atoms with E-state index in [1.165, 1.54) is 0 Å². The molecule has 2 heterocycles. The van der Waals surface area contributed by atoms with E-state index < -0.39 is 0 Å². The topological polar surface area (TPSA) is 80.6 Å². The zero-order valence-electron chi connectivity index (χ0n) is 11.3. The third-order valence-corrected chi connectivity index (χ3v) is 3.41. The van der Waals surface area contributed by atoms with Crippen molar-refractivity contribution in [3.05, 3.63) is 29.8 Å². The summed E-state index contributed by atoms with van der Waals surface area (Å²) in [5, 5.41) is 19.5. The molecule has 0 aliphatic carbocycles. The summed E-state index contributed by atoms with van der Waals surface area (Å²) in [6.07, 6.45) is 0. The molecule has 1 atom stereocenters. The van der Waals surface area contributed by atoms with Crippen LogP contribution >= 0.6 is 0 Å². The van der Waals surface area contributed by atoms with Crippen molar-refractivity contribution in [1.82, 2.24) is 20.5 Å². The molecule has 1 aromatic heterocycles.